The molecule has 4 heterocycles. The first kappa shape index (κ1) is 46.6. The monoisotopic (exact) mass is 950 g/mol. The van der Waals surface area contributed by atoms with Crippen molar-refractivity contribution in [2.24, 2.45) is 0 Å². The molecule has 342 valence electrons. The molecule has 0 aliphatic carbocycles. The molecule has 0 radical (unpaired) electrons. The molecule has 15 nitrogen and oxygen atoms in total. The molecule has 0 fully saturated rings. The number of carbonyl (C=O) groups is 3. The van der Waals surface area contributed by atoms with Gasteiger partial charge in [0.05, 0.1) is 17.7 Å². The van der Waals surface area contributed by atoms with Crippen molar-refractivity contribution in [1.82, 2.24) is 0 Å². The smallest absolute Gasteiger partial charge is 0.340 e. The van der Waals surface area contributed by atoms with Gasteiger partial charge in [-0.3, -0.25) is 4.79 Å². The number of fused-ring (bicyclic) bond motifs is 12. The summed E-state index contributed by atoms with van der Waals surface area (Å²) in [5.74, 6) is 0.576. The molecule has 0 atom stereocenters. The van der Waals surface area contributed by atoms with Gasteiger partial charge in [-0.2, -0.15) is 10.5 Å². The van der Waals surface area contributed by atoms with Gasteiger partial charge in [0.1, 0.15) is 64.1 Å². The Morgan fingerprint density at radius 1 is 0.632 bits per heavy atom. The molecule has 0 unspecified atom stereocenters. The summed E-state index contributed by atoms with van der Waals surface area (Å²) in [5, 5.41) is 49.7. The van der Waals surface area contributed by atoms with E-state index >= 15 is 0 Å². The maximum atomic E-state index is 12.9. The van der Waals surface area contributed by atoms with Gasteiger partial charge in [0.25, 0.3) is 0 Å². The van der Waals surface area contributed by atoms with E-state index in [0.29, 0.717) is 62.3 Å². The minimum atomic E-state index is -1.27. The molecule has 4 aliphatic heterocycles. The van der Waals surface area contributed by atoms with E-state index in [-0.39, 0.29) is 30.3 Å². The minimum absolute atomic E-state index is 0.00261. The minimum Gasteiger partial charge on any atom is -0.508 e. The van der Waals surface area contributed by atoms with Crippen LogP contribution in [-0.2, 0) is 39.8 Å². The van der Waals surface area contributed by atoms with E-state index in [1.165, 1.54) is 31.4 Å². The number of phenols is 2. The van der Waals surface area contributed by atoms with Crippen LogP contribution in [0.3, 0.4) is 0 Å². The Morgan fingerprint density at radius 3 is 1.46 bits per heavy atom. The zero-order chi connectivity index (χ0) is 48.3. The lowest BCUT2D eigenvalue weighted by molar-refractivity contribution is -0.206. The van der Waals surface area contributed by atoms with E-state index in [0.717, 1.165) is 56.2 Å². The number of rotatable bonds is 8. The number of esters is 3. The van der Waals surface area contributed by atoms with Crippen molar-refractivity contribution in [3.63, 3.8) is 0 Å². The molecule has 0 amide bonds. The number of nitrogens with zero attached hydrogens (tertiary/aromatic N) is 2. The van der Waals surface area contributed by atoms with Gasteiger partial charge in [-0.15, -0.1) is 0 Å². The van der Waals surface area contributed by atoms with Crippen LogP contribution in [0.5, 0.6) is 34.5 Å². The number of aryl methyl sites for hydroxylation is 2. The largest absolute Gasteiger partial charge is 0.508 e. The lowest BCUT2D eigenvalue weighted by atomic mass is 9.77. The number of thiocyanates is 2. The van der Waals surface area contributed by atoms with E-state index in [2.05, 4.69) is 20.9 Å². The van der Waals surface area contributed by atoms with Gasteiger partial charge in [0.2, 0.25) is 0 Å². The van der Waals surface area contributed by atoms with Crippen molar-refractivity contribution < 1.29 is 63.2 Å². The van der Waals surface area contributed by atoms with Gasteiger partial charge in [-0.05, 0) is 109 Å². The summed E-state index contributed by atoms with van der Waals surface area (Å²) in [4.78, 5) is 41.5. The topological polar surface area (TPSA) is 224 Å². The van der Waals surface area contributed by atoms with Gasteiger partial charge in [0.15, 0.2) is 11.2 Å². The molecule has 17 heteroatoms. The van der Waals surface area contributed by atoms with Crippen LogP contribution in [0, 0.1) is 35.2 Å². The summed E-state index contributed by atoms with van der Waals surface area (Å²) in [7, 11) is 1.50. The number of methoxy groups -OCH3 is 1. The van der Waals surface area contributed by atoms with Crippen LogP contribution in [0.25, 0.3) is 0 Å². The number of phenolic OH excluding ortho intramolecular Hbond substituents is 2. The van der Waals surface area contributed by atoms with Crippen LogP contribution in [0.2, 0.25) is 0 Å². The average Bonchev–Trinajstić information content (AvgIpc) is 3.76. The van der Waals surface area contributed by atoms with Crippen molar-refractivity contribution in [2.75, 3.05) is 20.3 Å². The number of thioether (sulfide) groups is 2. The highest BCUT2D eigenvalue weighted by molar-refractivity contribution is 8.04. The SMILES string of the molecule is C=C(CC(=O)OCCOC)OO.Cc1ccc2c(c1)Oc1cc(C)ccc1C21OC(=O)c2cc(SC#N)ccc21.N#CSc1ccc2c(c1)C(=O)OC21c2ccc(O)cc2Oc2cc(O)ccc21. The molecular formula is C51H38N2O13S2. The zero-order valence-electron chi connectivity index (χ0n) is 36.4. The molecule has 10 rings (SSSR count). The highest BCUT2D eigenvalue weighted by atomic mass is 32.2. The van der Waals surface area contributed by atoms with Crippen molar-refractivity contribution in [3.05, 3.63) is 177 Å². The molecule has 0 saturated carbocycles. The molecule has 0 saturated heterocycles. The molecule has 68 heavy (non-hydrogen) atoms. The average molecular weight is 951 g/mol. The highest BCUT2D eigenvalue weighted by Crippen LogP contribution is 2.58. The second kappa shape index (κ2) is 19.1. The number of nitriles is 2. The summed E-state index contributed by atoms with van der Waals surface area (Å²) >= 11 is 1.99. The first-order valence-corrected chi connectivity index (χ1v) is 22.2. The molecule has 0 bridgehead atoms. The Hall–Kier alpha value is -7.93. The predicted molar refractivity (Wildman–Crippen MR) is 245 cm³/mol. The quantitative estimate of drug-likeness (QED) is 0.0189. The molecule has 0 aromatic heterocycles. The van der Waals surface area contributed by atoms with Crippen LogP contribution < -0.4 is 9.47 Å². The van der Waals surface area contributed by atoms with Crippen molar-refractivity contribution in [1.29, 1.82) is 10.5 Å². The Balaban J connectivity index is 0.000000150. The molecular weight excluding hydrogens is 913 g/mol. The summed E-state index contributed by atoms with van der Waals surface area (Å²) in [6.07, 6.45) is -0.153. The van der Waals surface area contributed by atoms with E-state index in [1.54, 1.807) is 36.4 Å². The Kier molecular flexibility index (Phi) is 13.1. The van der Waals surface area contributed by atoms with E-state index in [1.807, 2.05) is 73.2 Å². The lowest BCUT2D eigenvalue weighted by Gasteiger charge is -2.36. The number of ether oxygens (including phenoxy) is 6. The van der Waals surface area contributed by atoms with Crippen molar-refractivity contribution in [3.8, 4) is 45.3 Å². The Labute approximate surface area is 397 Å². The molecule has 6 aromatic rings. The van der Waals surface area contributed by atoms with Crippen LogP contribution in [0.1, 0.15) is 71.6 Å². The fourth-order valence-corrected chi connectivity index (χ4v) is 9.16. The maximum Gasteiger partial charge on any atom is 0.340 e. The third kappa shape index (κ3) is 8.51. The molecule has 2 spiro atoms. The Bertz CT molecular complexity index is 2850. The third-order valence-corrected chi connectivity index (χ3v) is 12.3. The number of carbonyl (C=O) groups excluding carboxylic acids is 3. The molecule has 3 N–H and O–H groups in total. The van der Waals surface area contributed by atoms with Crippen LogP contribution in [-0.4, -0.2) is 53.7 Å². The second-order valence-corrected chi connectivity index (χ2v) is 17.2. The number of benzene rings is 6. The Morgan fingerprint density at radius 2 is 1.04 bits per heavy atom. The van der Waals surface area contributed by atoms with Crippen LogP contribution in [0.4, 0.5) is 0 Å². The van der Waals surface area contributed by atoms with Crippen molar-refractivity contribution in [2.45, 2.75) is 41.3 Å². The number of hydrogen-bond donors (Lipinski definition) is 3. The van der Waals surface area contributed by atoms with E-state index in [9.17, 15) is 24.6 Å². The van der Waals surface area contributed by atoms with Gasteiger partial charge in [-0.1, -0.05) is 43.0 Å². The summed E-state index contributed by atoms with van der Waals surface area (Å²) in [5.41, 5.74) is 4.79. The van der Waals surface area contributed by atoms with Gasteiger partial charge in [0, 0.05) is 62.4 Å². The first-order chi connectivity index (χ1) is 32.7. The highest BCUT2D eigenvalue weighted by Gasteiger charge is 2.55. The molecule has 6 aromatic carbocycles. The fraction of sp³-hybridized carbons (Fsp3) is 0.157. The van der Waals surface area contributed by atoms with Gasteiger partial charge < -0.3 is 43.5 Å². The second-order valence-electron chi connectivity index (χ2n) is 15.5. The predicted octanol–water partition coefficient (Wildman–Crippen LogP) is 10.3. The standard InChI is InChI=1S/C23H15NO3S.C21H11NO5S.C7H12O5/c1-13-3-6-18-20(9-13)26-21-10-14(2)4-7-19(21)23(18)17-8-5-15(28-12-24)11-16(17)22(25)27-23;22-10-28-13-3-6-15-14(9-13)20(25)27-21(15)16-4-1-11(23)7-18(16)26-19-8-12(24)2-5-17(19)21;1-6(12-9)5-7(8)11-4-3-10-2/h3-11H,1-2H3;1-9,23-24H;9H,1,3-5H2,2H3. The van der Waals surface area contributed by atoms with E-state index in [4.69, 9.17) is 34.7 Å². The van der Waals surface area contributed by atoms with Gasteiger partial charge in [-0.25, -0.2) is 14.8 Å². The van der Waals surface area contributed by atoms with E-state index < -0.39 is 29.1 Å². The molecule has 4 aliphatic rings. The summed E-state index contributed by atoms with van der Waals surface area (Å²) < 4.78 is 33.4. The fourth-order valence-electron chi connectivity index (χ4n) is 8.32. The van der Waals surface area contributed by atoms with Crippen LogP contribution >= 0.6 is 23.5 Å². The van der Waals surface area contributed by atoms with Crippen molar-refractivity contribution >= 4 is 41.4 Å². The lowest BCUT2D eigenvalue weighted by Crippen LogP contribution is -2.33. The van der Waals surface area contributed by atoms with Gasteiger partial charge >= 0.3 is 17.9 Å². The number of aromatic hydroxyl groups is 2. The summed E-state index contributed by atoms with van der Waals surface area (Å²) in [6.45, 7) is 7.78. The normalized spacial score (nSPS) is 14.0. The first-order valence-electron chi connectivity index (χ1n) is 20.5. The number of hydrogen-bond acceptors (Lipinski definition) is 17. The zero-order valence-corrected chi connectivity index (χ0v) is 38.0. The summed E-state index contributed by atoms with van der Waals surface area (Å²) in [6, 6.07) is 31.7. The third-order valence-electron chi connectivity index (χ3n) is 11.2. The van der Waals surface area contributed by atoms with Crippen LogP contribution in [0.15, 0.2) is 131 Å². The maximum absolute atomic E-state index is 12.9.